The number of hydrogen-bond acceptors (Lipinski definition) is 6. The highest BCUT2D eigenvalue weighted by atomic mass is 32.2. The molecule has 2 aromatic heterocycles. The molecule has 23 heavy (non-hydrogen) atoms. The molecular weight excluding hydrogens is 338 g/mol. The van der Waals surface area contributed by atoms with Crippen molar-refractivity contribution < 1.29 is 22.6 Å². The first kappa shape index (κ1) is 14.2. The van der Waals surface area contributed by atoms with Gasteiger partial charge in [-0.2, -0.15) is 8.42 Å². The third kappa shape index (κ3) is 2.45. The number of fused-ring (bicyclic) bond motifs is 1. The lowest BCUT2D eigenvalue weighted by Crippen LogP contribution is -2.09. The Kier molecular flexibility index (Phi) is 3.28. The van der Waals surface area contributed by atoms with E-state index >= 15 is 0 Å². The molecule has 0 aliphatic carbocycles. The van der Waals surface area contributed by atoms with Crippen molar-refractivity contribution in [2.75, 3.05) is 6.79 Å². The molecule has 1 aromatic carbocycles. The Hall–Kier alpha value is -2.45. The van der Waals surface area contributed by atoms with E-state index in [1.54, 1.807) is 41.8 Å². The summed E-state index contributed by atoms with van der Waals surface area (Å²) in [6.45, 7) is 0.171. The number of aromatic nitrogens is 1. The van der Waals surface area contributed by atoms with Gasteiger partial charge < -0.3 is 14.2 Å². The van der Waals surface area contributed by atoms with Crippen LogP contribution in [0.3, 0.4) is 0 Å². The number of hydrogen-bond donors (Lipinski definition) is 0. The second kappa shape index (κ2) is 5.32. The SMILES string of the molecule is O=S(=O)(c1sccc1Oc1ccc2c(c1)OCO2)n1cccc1. The van der Waals surface area contributed by atoms with Crippen molar-refractivity contribution in [3.63, 3.8) is 0 Å². The highest BCUT2D eigenvalue weighted by Gasteiger charge is 2.24. The maximum absolute atomic E-state index is 12.6. The van der Waals surface area contributed by atoms with E-state index in [1.807, 2.05) is 0 Å². The van der Waals surface area contributed by atoms with Gasteiger partial charge in [-0.25, -0.2) is 3.97 Å². The van der Waals surface area contributed by atoms with Gasteiger partial charge in [-0.15, -0.1) is 11.3 Å². The van der Waals surface area contributed by atoms with E-state index in [-0.39, 0.29) is 16.8 Å². The van der Waals surface area contributed by atoms with Crippen LogP contribution in [0.2, 0.25) is 0 Å². The summed E-state index contributed by atoms with van der Waals surface area (Å²) in [4.78, 5) is 0. The smallest absolute Gasteiger partial charge is 0.280 e. The van der Waals surface area contributed by atoms with Crippen LogP contribution in [-0.4, -0.2) is 19.2 Å². The maximum atomic E-state index is 12.6. The Labute approximate surface area is 136 Å². The second-order valence-electron chi connectivity index (χ2n) is 4.71. The van der Waals surface area contributed by atoms with E-state index in [0.29, 0.717) is 17.2 Å². The third-order valence-electron chi connectivity index (χ3n) is 3.26. The number of benzene rings is 1. The number of thiophene rings is 1. The van der Waals surface area contributed by atoms with Crippen molar-refractivity contribution in [2.45, 2.75) is 4.21 Å². The van der Waals surface area contributed by atoms with E-state index in [4.69, 9.17) is 14.2 Å². The van der Waals surface area contributed by atoms with Gasteiger partial charge in [-0.1, -0.05) is 0 Å². The Morgan fingerprint density at radius 1 is 1.09 bits per heavy atom. The predicted octanol–water partition coefficient (Wildman–Crippen LogP) is 3.31. The largest absolute Gasteiger partial charge is 0.455 e. The normalized spacial score (nSPS) is 13.2. The quantitative estimate of drug-likeness (QED) is 0.723. The summed E-state index contributed by atoms with van der Waals surface area (Å²) in [7, 11) is -3.66. The van der Waals surface area contributed by atoms with E-state index in [1.165, 1.54) is 12.4 Å². The summed E-state index contributed by atoms with van der Waals surface area (Å²) in [5, 5.41) is 1.68. The Morgan fingerprint density at radius 2 is 1.87 bits per heavy atom. The molecule has 0 amide bonds. The summed E-state index contributed by atoms with van der Waals surface area (Å²) in [5.41, 5.74) is 0. The Balaban J connectivity index is 1.68. The van der Waals surface area contributed by atoms with Crippen LogP contribution in [0.25, 0.3) is 0 Å². The molecule has 0 saturated heterocycles. The molecule has 1 aliphatic heterocycles. The summed E-state index contributed by atoms with van der Waals surface area (Å²) in [6, 6.07) is 10.0. The molecule has 4 rings (SSSR count). The lowest BCUT2D eigenvalue weighted by molar-refractivity contribution is 0.174. The van der Waals surface area contributed by atoms with Gasteiger partial charge in [-0.05, 0) is 35.7 Å². The molecule has 1 aliphatic rings. The minimum absolute atomic E-state index is 0.145. The molecule has 0 saturated carbocycles. The van der Waals surface area contributed by atoms with Crippen LogP contribution in [0.1, 0.15) is 0 Å². The van der Waals surface area contributed by atoms with Crippen LogP contribution in [0.15, 0.2) is 58.4 Å². The average Bonchev–Trinajstić information content (AvgIpc) is 3.28. The lowest BCUT2D eigenvalue weighted by atomic mass is 10.3. The van der Waals surface area contributed by atoms with Gasteiger partial charge in [0.05, 0.1) is 0 Å². The van der Waals surface area contributed by atoms with Gasteiger partial charge in [0.2, 0.25) is 6.79 Å². The highest BCUT2D eigenvalue weighted by molar-refractivity contribution is 7.92. The summed E-state index contributed by atoms with van der Waals surface area (Å²) < 4.78 is 42.8. The van der Waals surface area contributed by atoms with Crippen molar-refractivity contribution in [1.29, 1.82) is 0 Å². The van der Waals surface area contributed by atoms with Crippen molar-refractivity contribution in [2.24, 2.45) is 0 Å². The summed E-state index contributed by atoms with van der Waals surface area (Å²) in [5.74, 6) is 1.98. The molecule has 0 unspecified atom stereocenters. The maximum Gasteiger partial charge on any atom is 0.280 e. The van der Waals surface area contributed by atoms with Crippen molar-refractivity contribution >= 4 is 21.4 Å². The summed E-state index contributed by atoms with van der Waals surface area (Å²) in [6.07, 6.45) is 2.97. The Bertz CT molecular complexity index is 944. The zero-order chi connectivity index (χ0) is 15.9. The second-order valence-corrected chi connectivity index (χ2v) is 7.66. The van der Waals surface area contributed by atoms with Gasteiger partial charge in [0.15, 0.2) is 21.5 Å². The van der Waals surface area contributed by atoms with Gasteiger partial charge in [-0.3, -0.25) is 0 Å². The molecule has 0 radical (unpaired) electrons. The molecular formula is C15H11NO5S2. The molecule has 118 valence electrons. The van der Waals surface area contributed by atoms with Crippen molar-refractivity contribution in [3.05, 3.63) is 54.2 Å². The van der Waals surface area contributed by atoms with Crippen LogP contribution in [-0.2, 0) is 10.0 Å². The monoisotopic (exact) mass is 349 g/mol. The number of nitrogens with zero attached hydrogens (tertiary/aromatic N) is 1. The van der Waals surface area contributed by atoms with Gasteiger partial charge in [0.1, 0.15) is 5.75 Å². The fraction of sp³-hybridized carbons (Fsp3) is 0.0667. The first-order valence-electron chi connectivity index (χ1n) is 6.68. The first-order valence-corrected chi connectivity index (χ1v) is 9.00. The van der Waals surface area contributed by atoms with Crippen molar-refractivity contribution in [3.8, 4) is 23.0 Å². The van der Waals surface area contributed by atoms with E-state index in [0.717, 1.165) is 15.3 Å². The molecule has 0 bridgehead atoms. The first-order chi connectivity index (χ1) is 11.1. The fourth-order valence-electron chi connectivity index (χ4n) is 2.19. The Morgan fingerprint density at radius 3 is 2.70 bits per heavy atom. The van der Waals surface area contributed by atoms with Gasteiger partial charge >= 0.3 is 0 Å². The molecule has 0 atom stereocenters. The van der Waals surface area contributed by atoms with Crippen LogP contribution in [0.4, 0.5) is 0 Å². The van der Waals surface area contributed by atoms with Gasteiger partial charge in [0, 0.05) is 18.5 Å². The van der Waals surface area contributed by atoms with Crippen LogP contribution in [0, 0.1) is 0 Å². The number of ether oxygens (including phenoxy) is 3. The topological polar surface area (TPSA) is 66.8 Å². The van der Waals surface area contributed by atoms with Gasteiger partial charge in [0.25, 0.3) is 10.0 Å². The van der Waals surface area contributed by atoms with Crippen LogP contribution < -0.4 is 14.2 Å². The van der Waals surface area contributed by atoms with E-state index in [2.05, 4.69) is 0 Å². The standard InChI is InChI=1S/C15H11NO5S2/c17-23(18,16-6-1-2-7-16)15-13(5-8-22-15)21-11-3-4-12-14(9-11)20-10-19-12/h1-9H,10H2. The summed E-state index contributed by atoms with van der Waals surface area (Å²) >= 11 is 1.11. The predicted molar refractivity (Wildman–Crippen MR) is 84.0 cm³/mol. The molecule has 6 nitrogen and oxygen atoms in total. The minimum Gasteiger partial charge on any atom is -0.455 e. The highest BCUT2D eigenvalue weighted by Crippen LogP contribution is 2.39. The van der Waals surface area contributed by atoms with Crippen molar-refractivity contribution in [1.82, 2.24) is 3.97 Å². The zero-order valence-corrected chi connectivity index (χ0v) is 13.3. The van der Waals surface area contributed by atoms with Crippen LogP contribution >= 0.6 is 11.3 Å². The molecule has 0 N–H and O–H groups in total. The lowest BCUT2D eigenvalue weighted by Gasteiger charge is -2.09. The minimum atomic E-state index is -3.66. The molecule has 3 aromatic rings. The molecule has 0 spiro atoms. The van der Waals surface area contributed by atoms with E-state index in [9.17, 15) is 8.42 Å². The molecule has 3 heterocycles. The number of rotatable bonds is 4. The van der Waals surface area contributed by atoms with E-state index < -0.39 is 10.0 Å². The van der Waals surface area contributed by atoms with Crippen LogP contribution in [0.5, 0.6) is 23.0 Å². The fourth-order valence-corrected chi connectivity index (χ4v) is 4.66. The molecule has 8 heteroatoms. The molecule has 0 fully saturated rings. The zero-order valence-electron chi connectivity index (χ0n) is 11.7. The third-order valence-corrected chi connectivity index (χ3v) is 6.33. The average molecular weight is 349 g/mol.